The molecule has 2 aliphatic rings. The summed E-state index contributed by atoms with van der Waals surface area (Å²) in [7, 11) is 1.97. The number of nitrogens with zero attached hydrogens (tertiary/aromatic N) is 1. The van der Waals surface area contributed by atoms with Crippen LogP contribution < -0.4 is 0 Å². The molecule has 3 nitrogen and oxygen atoms in total. The molecule has 0 spiro atoms. The van der Waals surface area contributed by atoms with Gasteiger partial charge in [-0.15, -0.1) is 0 Å². The molecule has 4 heteroatoms. The third-order valence-electron chi connectivity index (χ3n) is 4.73. The standard InChI is InChI=1S/C10H17NO2Se/c1-9(2)7-5-6-10(9,3)11(4)8(7)14(12)13/h7H,5-6H2,1-4H3/p+1. The van der Waals surface area contributed by atoms with Crippen molar-refractivity contribution >= 4 is 18.8 Å². The predicted molar refractivity (Wildman–Crippen MR) is 54.8 cm³/mol. The molecule has 2 bridgehead atoms. The second kappa shape index (κ2) is 2.75. The average molecular weight is 263 g/mol. The first-order valence-corrected chi connectivity index (χ1v) is 7.36. The Labute approximate surface area is 89.2 Å². The number of rotatable bonds is 1. The molecule has 80 valence electrons. The number of fused-ring (bicyclic) bond motifs is 2. The van der Waals surface area contributed by atoms with Crippen molar-refractivity contribution in [1.29, 1.82) is 0 Å². The Morgan fingerprint density at radius 1 is 1.50 bits per heavy atom. The van der Waals surface area contributed by atoms with E-state index in [1.807, 2.05) is 7.05 Å². The molecule has 1 saturated carbocycles. The van der Waals surface area contributed by atoms with Gasteiger partial charge in [-0.25, -0.2) is 0 Å². The summed E-state index contributed by atoms with van der Waals surface area (Å²) >= 11 is -2.73. The fourth-order valence-corrected chi connectivity index (χ4v) is 5.52. The summed E-state index contributed by atoms with van der Waals surface area (Å²) in [6.45, 7) is 6.67. The first-order chi connectivity index (χ1) is 6.32. The van der Waals surface area contributed by atoms with Crippen LogP contribution in [0.5, 0.6) is 0 Å². The van der Waals surface area contributed by atoms with E-state index in [9.17, 15) is 8.02 Å². The summed E-state index contributed by atoms with van der Waals surface area (Å²) < 4.78 is 23.6. The van der Waals surface area contributed by atoms with Crippen molar-refractivity contribution in [2.24, 2.45) is 11.3 Å². The Morgan fingerprint density at radius 3 is 2.36 bits per heavy atom. The molecule has 0 radical (unpaired) electrons. The molecule has 0 amide bonds. The van der Waals surface area contributed by atoms with Crippen LogP contribution in [0.3, 0.4) is 0 Å². The van der Waals surface area contributed by atoms with Crippen LogP contribution in [0.1, 0.15) is 33.6 Å². The van der Waals surface area contributed by atoms with Gasteiger partial charge in [-0.2, -0.15) is 0 Å². The first kappa shape index (κ1) is 10.5. The van der Waals surface area contributed by atoms with Crippen molar-refractivity contribution in [3.8, 4) is 0 Å². The van der Waals surface area contributed by atoms with Gasteiger partial charge < -0.3 is 0 Å². The van der Waals surface area contributed by atoms with E-state index >= 15 is 0 Å². The molecule has 1 aliphatic carbocycles. The van der Waals surface area contributed by atoms with E-state index in [-0.39, 0.29) is 11.0 Å². The molecule has 3 unspecified atom stereocenters. The summed E-state index contributed by atoms with van der Waals surface area (Å²) in [5.74, 6) is 0.324. The Bertz CT molecular complexity index is 348. The molecule has 1 N–H and O–H groups in total. The van der Waals surface area contributed by atoms with Crippen molar-refractivity contribution in [3.05, 3.63) is 0 Å². The van der Waals surface area contributed by atoms with Gasteiger partial charge in [0.15, 0.2) is 0 Å². The molecular formula is C10H18NO2Se+. The predicted octanol–water partition coefficient (Wildman–Crippen LogP) is 0.728. The monoisotopic (exact) mass is 264 g/mol. The summed E-state index contributed by atoms with van der Waals surface area (Å²) in [6.07, 6.45) is 2.22. The quantitative estimate of drug-likeness (QED) is 0.559. The van der Waals surface area contributed by atoms with Crippen LogP contribution in [0, 0.1) is 11.3 Å². The first-order valence-electron chi connectivity index (χ1n) is 5.04. The maximum atomic E-state index is 11.4. The molecule has 1 aliphatic heterocycles. The van der Waals surface area contributed by atoms with Gasteiger partial charge in [0.05, 0.1) is 0 Å². The van der Waals surface area contributed by atoms with Crippen molar-refractivity contribution < 1.29 is 12.6 Å². The maximum absolute atomic E-state index is 11.4. The van der Waals surface area contributed by atoms with E-state index in [0.717, 1.165) is 17.5 Å². The van der Waals surface area contributed by atoms with E-state index in [1.54, 1.807) is 0 Å². The van der Waals surface area contributed by atoms with E-state index in [1.165, 1.54) is 0 Å². The molecule has 2 rings (SSSR count). The van der Waals surface area contributed by atoms with Gasteiger partial charge in [-0.1, -0.05) is 0 Å². The van der Waals surface area contributed by atoms with Crippen LogP contribution >= 0.6 is 0 Å². The SMILES string of the molecule is C[N+]1=C([Se](=O)O)C2CCC1(C)C2(C)C. The summed E-state index contributed by atoms with van der Waals surface area (Å²) in [5, 5.41) is 0. The molecule has 0 aromatic heterocycles. The Morgan fingerprint density at radius 2 is 2.07 bits per heavy atom. The van der Waals surface area contributed by atoms with E-state index in [2.05, 4.69) is 25.3 Å². The third-order valence-corrected chi connectivity index (χ3v) is 6.65. The molecule has 14 heavy (non-hydrogen) atoms. The van der Waals surface area contributed by atoms with Gasteiger partial charge in [0.25, 0.3) is 0 Å². The zero-order valence-electron chi connectivity index (χ0n) is 9.20. The van der Waals surface area contributed by atoms with E-state index in [0.29, 0.717) is 5.92 Å². The zero-order chi connectivity index (χ0) is 10.7. The van der Waals surface area contributed by atoms with Gasteiger partial charge in [0.2, 0.25) is 0 Å². The average Bonchev–Trinajstić information content (AvgIpc) is 2.35. The molecule has 1 fully saturated rings. The van der Waals surface area contributed by atoms with Gasteiger partial charge in [0.1, 0.15) is 0 Å². The minimum atomic E-state index is -2.73. The zero-order valence-corrected chi connectivity index (χ0v) is 10.9. The third kappa shape index (κ3) is 0.944. The van der Waals surface area contributed by atoms with Crippen LogP contribution in [0.15, 0.2) is 0 Å². The van der Waals surface area contributed by atoms with Crippen LogP contribution in [0.2, 0.25) is 0 Å². The normalized spacial score (nSPS) is 41.9. The summed E-state index contributed by atoms with van der Waals surface area (Å²) in [5.41, 5.74) is 0.230. The number of hydrogen-bond acceptors (Lipinski definition) is 1. The topological polar surface area (TPSA) is 40.3 Å². The van der Waals surface area contributed by atoms with Crippen LogP contribution in [-0.4, -0.2) is 40.1 Å². The fraction of sp³-hybridized carbons (Fsp3) is 0.900. The minimum absolute atomic E-state index is 0.0852. The van der Waals surface area contributed by atoms with E-state index < -0.39 is 14.2 Å². The van der Waals surface area contributed by atoms with Crippen molar-refractivity contribution in [2.45, 2.75) is 39.2 Å². The molecule has 0 aromatic carbocycles. The van der Waals surface area contributed by atoms with Gasteiger partial charge in [-0.05, 0) is 0 Å². The Hall–Kier alpha value is -0.0505. The Kier molecular flexibility index (Phi) is 2.05. The summed E-state index contributed by atoms with van der Waals surface area (Å²) in [4.78, 5) is 0. The molecule has 0 aromatic rings. The van der Waals surface area contributed by atoms with Gasteiger partial charge >= 0.3 is 88.9 Å². The fourth-order valence-electron chi connectivity index (χ4n) is 3.23. The molecular weight excluding hydrogens is 245 g/mol. The molecule has 1 heterocycles. The van der Waals surface area contributed by atoms with Crippen molar-refractivity contribution in [3.63, 3.8) is 0 Å². The number of hydrogen-bond donors (Lipinski definition) is 1. The van der Waals surface area contributed by atoms with E-state index in [4.69, 9.17) is 0 Å². The molecule has 3 atom stereocenters. The van der Waals surface area contributed by atoms with Crippen LogP contribution in [0.25, 0.3) is 0 Å². The van der Waals surface area contributed by atoms with Crippen molar-refractivity contribution in [2.75, 3.05) is 7.05 Å². The second-order valence-corrected chi connectivity index (χ2v) is 7.16. The van der Waals surface area contributed by atoms with Crippen molar-refractivity contribution in [1.82, 2.24) is 0 Å². The van der Waals surface area contributed by atoms with Gasteiger partial charge in [0, 0.05) is 0 Å². The van der Waals surface area contributed by atoms with Gasteiger partial charge in [-0.3, -0.25) is 0 Å². The molecule has 0 saturated heterocycles. The Balaban J connectivity index is 2.58. The second-order valence-electron chi connectivity index (χ2n) is 5.23. The van der Waals surface area contributed by atoms with Crippen LogP contribution in [-0.2, 0) is 3.83 Å². The van der Waals surface area contributed by atoms with Crippen LogP contribution in [0.4, 0.5) is 0 Å². The summed E-state index contributed by atoms with van der Waals surface area (Å²) in [6, 6.07) is 0.